The Labute approximate surface area is 169 Å². The molecule has 2 aromatic rings. The summed E-state index contributed by atoms with van der Waals surface area (Å²) in [6.07, 6.45) is 1.16. The monoisotopic (exact) mass is 379 g/mol. The van der Waals surface area contributed by atoms with Crippen LogP contribution in [0.5, 0.6) is 0 Å². The van der Waals surface area contributed by atoms with Crippen LogP contribution < -0.4 is 0 Å². The zero-order chi connectivity index (χ0) is 20.1. The Morgan fingerprint density at radius 1 is 0.964 bits per heavy atom. The minimum atomic E-state index is 0.143. The molecule has 150 valence electrons. The molecule has 2 aromatic carbocycles. The standard InChI is InChI=1S/C24H33N3O/c1-19-17-26(18-20(2)27(19)15-9-14-25(3)4)24(28)23-13-8-12-22(16-23)21-10-6-5-7-11-21/h5-8,10-13,16,19-20H,9,14-15,17-18H2,1-4H3. The number of benzene rings is 2. The first kappa shape index (κ1) is 20.6. The molecule has 0 radical (unpaired) electrons. The molecule has 0 N–H and O–H groups in total. The van der Waals surface area contributed by atoms with Crippen LogP contribution in [-0.2, 0) is 0 Å². The third kappa shape index (κ3) is 5.00. The predicted octanol–water partition coefficient (Wildman–Crippen LogP) is 3.84. The molecule has 4 heteroatoms. The van der Waals surface area contributed by atoms with Gasteiger partial charge in [0.05, 0.1) is 0 Å². The first-order valence-electron chi connectivity index (χ1n) is 10.3. The van der Waals surface area contributed by atoms with Crippen molar-refractivity contribution in [2.45, 2.75) is 32.4 Å². The lowest BCUT2D eigenvalue weighted by atomic mass is 10.0. The van der Waals surface area contributed by atoms with E-state index in [1.165, 1.54) is 0 Å². The summed E-state index contributed by atoms with van der Waals surface area (Å²) in [6.45, 7) is 8.26. The van der Waals surface area contributed by atoms with Gasteiger partial charge >= 0.3 is 0 Å². The highest BCUT2D eigenvalue weighted by atomic mass is 16.2. The number of carbonyl (C=O) groups is 1. The van der Waals surface area contributed by atoms with Crippen molar-refractivity contribution in [3.63, 3.8) is 0 Å². The smallest absolute Gasteiger partial charge is 0.253 e. The number of amides is 1. The van der Waals surface area contributed by atoms with Crippen LogP contribution in [0, 0.1) is 0 Å². The van der Waals surface area contributed by atoms with Crippen molar-refractivity contribution in [1.82, 2.24) is 14.7 Å². The molecule has 0 spiro atoms. The minimum absolute atomic E-state index is 0.143. The second-order valence-corrected chi connectivity index (χ2v) is 8.25. The molecule has 28 heavy (non-hydrogen) atoms. The van der Waals surface area contributed by atoms with E-state index in [0.29, 0.717) is 12.1 Å². The zero-order valence-corrected chi connectivity index (χ0v) is 17.6. The van der Waals surface area contributed by atoms with Gasteiger partial charge in [-0.1, -0.05) is 42.5 Å². The van der Waals surface area contributed by atoms with Gasteiger partial charge in [-0.3, -0.25) is 9.69 Å². The molecule has 1 fully saturated rings. The van der Waals surface area contributed by atoms with Crippen molar-refractivity contribution in [3.8, 4) is 11.1 Å². The Morgan fingerprint density at radius 3 is 2.25 bits per heavy atom. The first-order valence-corrected chi connectivity index (χ1v) is 10.3. The fourth-order valence-electron chi connectivity index (χ4n) is 4.18. The molecular weight excluding hydrogens is 346 g/mol. The molecule has 0 aliphatic carbocycles. The third-order valence-electron chi connectivity index (χ3n) is 5.63. The van der Waals surface area contributed by atoms with E-state index in [4.69, 9.17) is 0 Å². The van der Waals surface area contributed by atoms with E-state index in [-0.39, 0.29) is 5.91 Å². The third-order valence-corrected chi connectivity index (χ3v) is 5.63. The van der Waals surface area contributed by atoms with Crippen LogP contribution in [0.15, 0.2) is 54.6 Å². The SMILES string of the molecule is CC1CN(C(=O)c2cccc(-c3ccccc3)c2)CC(C)N1CCCN(C)C. The molecule has 1 heterocycles. The van der Waals surface area contributed by atoms with Crippen LogP contribution in [0.4, 0.5) is 0 Å². The van der Waals surface area contributed by atoms with Crippen molar-refractivity contribution < 1.29 is 4.79 Å². The number of nitrogens with zero attached hydrogens (tertiary/aromatic N) is 3. The van der Waals surface area contributed by atoms with Crippen molar-refractivity contribution >= 4 is 5.91 Å². The van der Waals surface area contributed by atoms with Gasteiger partial charge in [0.15, 0.2) is 0 Å². The molecule has 2 atom stereocenters. The fourth-order valence-corrected chi connectivity index (χ4v) is 4.18. The minimum Gasteiger partial charge on any atom is -0.336 e. The van der Waals surface area contributed by atoms with Crippen molar-refractivity contribution in [2.24, 2.45) is 0 Å². The lowest BCUT2D eigenvalue weighted by molar-refractivity contribution is 0.0295. The van der Waals surface area contributed by atoms with E-state index in [0.717, 1.165) is 49.3 Å². The van der Waals surface area contributed by atoms with Gasteiger partial charge in [0.1, 0.15) is 0 Å². The summed E-state index contributed by atoms with van der Waals surface area (Å²) in [5, 5.41) is 0. The highest BCUT2D eigenvalue weighted by Gasteiger charge is 2.31. The van der Waals surface area contributed by atoms with Crippen LogP contribution in [0.3, 0.4) is 0 Å². The van der Waals surface area contributed by atoms with E-state index in [1.54, 1.807) is 0 Å². The van der Waals surface area contributed by atoms with Crippen molar-refractivity contribution in [3.05, 3.63) is 60.2 Å². The maximum atomic E-state index is 13.2. The number of hydrogen-bond acceptors (Lipinski definition) is 3. The molecule has 4 nitrogen and oxygen atoms in total. The molecule has 1 saturated heterocycles. The Bertz CT molecular complexity index is 762. The van der Waals surface area contributed by atoms with Gasteiger partial charge in [0.2, 0.25) is 0 Å². The van der Waals surface area contributed by atoms with Gasteiger partial charge in [-0.2, -0.15) is 0 Å². The maximum absolute atomic E-state index is 13.2. The summed E-state index contributed by atoms with van der Waals surface area (Å²) >= 11 is 0. The topological polar surface area (TPSA) is 26.8 Å². The van der Waals surface area contributed by atoms with Gasteiger partial charge in [-0.25, -0.2) is 0 Å². The maximum Gasteiger partial charge on any atom is 0.253 e. The molecule has 0 bridgehead atoms. The van der Waals surface area contributed by atoms with E-state index in [1.807, 2.05) is 41.3 Å². The second-order valence-electron chi connectivity index (χ2n) is 8.25. The molecule has 2 unspecified atom stereocenters. The quantitative estimate of drug-likeness (QED) is 0.763. The number of carbonyl (C=O) groups excluding carboxylic acids is 1. The first-order chi connectivity index (χ1) is 13.5. The summed E-state index contributed by atoms with van der Waals surface area (Å²) in [6, 6.07) is 19.0. The van der Waals surface area contributed by atoms with Gasteiger partial charge in [0.25, 0.3) is 5.91 Å². The molecule has 1 amide bonds. The van der Waals surface area contributed by atoms with E-state index >= 15 is 0 Å². The molecule has 0 aromatic heterocycles. The van der Waals surface area contributed by atoms with Crippen molar-refractivity contribution in [2.75, 3.05) is 40.3 Å². The van der Waals surface area contributed by atoms with E-state index in [9.17, 15) is 4.79 Å². The summed E-state index contributed by atoms with van der Waals surface area (Å²) in [5.74, 6) is 0.143. The van der Waals surface area contributed by atoms with Crippen LogP contribution in [0.25, 0.3) is 11.1 Å². The highest BCUT2D eigenvalue weighted by molar-refractivity contribution is 5.95. The number of piperazine rings is 1. The molecule has 1 aliphatic rings. The Balaban J connectivity index is 1.67. The van der Waals surface area contributed by atoms with Crippen molar-refractivity contribution in [1.29, 1.82) is 0 Å². The zero-order valence-electron chi connectivity index (χ0n) is 17.6. The normalized spacial score (nSPS) is 20.5. The molecule has 1 aliphatic heterocycles. The summed E-state index contributed by atoms with van der Waals surface area (Å²) in [4.78, 5) is 20.0. The number of hydrogen-bond donors (Lipinski definition) is 0. The van der Waals surface area contributed by atoms with Gasteiger partial charge in [-0.15, -0.1) is 0 Å². The summed E-state index contributed by atoms with van der Waals surface area (Å²) in [5.41, 5.74) is 3.02. The molecular formula is C24H33N3O. The molecule has 0 saturated carbocycles. The lowest BCUT2D eigenvalue weighted by Crippen LogP contribution is -2.58. The summed E-state index contributed by atoms with van der Waals surface area (Å²) < 4.78 is 0. The summed E-state index contributed by atoms with van der Waals surface area (Å²) in [7, 11) is 4.24. The van der Waals surface area contributed by atoms with Gasteiger partial charge in [0, 0.05) is 37.3 Å². The van der Waals surface area contributed by atoms with Gasteiger partial charge < -0.3 is 9.80 Å². The van der Waals surface area contributed by atoms with Crippen LogP contribution in [-0.4, -0.2) is 73.0 Å². The Hall–Kier alpha value is -2.17. The van der Waals surface area contributed by atoms with Gasteiger partial charge in [-0.05, 0) is 64.2 Å². The Kier molecular flexibility index (Phi) is 6.87. The average molecular weight is 380 g/mol. The fraction of sp³-hybridized carbons (Fsp3) is 0.458. The highest BCUT2D eigenvalue weighted by Crippen LogP contribution is 2.23. The van der Waals surface area contributed by atoms with E-state index in [2.05, 4.69) is 55.9 Å². The van der Waals surface area contributed by atoms with E-state index < -0.39 is 0 Å². The van der Waals surface area contributed by atoms with Crippen LogP contribution in [0.2, 0.25) is 0 Å². The average Bonchev–Trinajstić information content (AvgIpc) is 2.70. The largest absolute Gasteiger partial charge is 0.336 e. The second kappa shape index (κ2) is 9.35. The number of rotatable bonds is 6. The van der Waals surface area contributed by atoms with Crippen LogP contribution >= 0.6 is 0 Å². The predicted molar refractivity (Wildman–Crippen MR) is 117 cm³/mol. The Morgan fingerprint density at radius 2 is 1.61 bits per heavy atom. The lowest BCUT2D eigenvalue weighted by Gasteiger charge is -2.44. The van der Waals surface area contributed by atoms with Crippen LogP contribution in [0.1, 0.15) is 30.6 Å². The molecule has 3 rings (SSSR count).